The third-order valence-corrected chi connectivity index (χ3v) is 4.54. The maximum Gasteiger partial charge on any atom is 0.333 e. The molecule has 1 atom stereocenters. The molecule has 0 N–H and O–H groups in total. The van der Waals surface area contributed by atoms with E-state index in [9.17, 15) is 9.59 Å². The van der Waals surface area contributed by atoms with E-state index in [0.29, 0.717) is 17.8 Å². The first-order valence-electron chi connectivity index (χ1n) is 11.5. The summed E-state index contributed by atoms with van der Waals surface area (Å²) < 4.78 is 10.3. The first kappa shape index (κ1) is 29.6. The zero-order valence-corrected chi connectivity index (χ0v) is 19.8. The molecule has 0 spiro atoms. The maximum atomic E-state index is 11.2. The topological polar surface area (TPSA) is 52.6 Å². The van der Waals surface area contributed by atoms with Gasteiger partial charge in [0.15, 0.2) is 0 Å². The molecule has 0 amide bonds. The molecule has 0 saturated carbocycles. The minimum Gasteiger partial charge on any atom is -0.462 e. The van der Waals surface area contributed by atoms with Crippen LogP contribution in [0.15, 0.2) is 24.3 Å². The number of rotatable bonds is 16. The van der Waals surface area contributed by atoms with Gasteiger partial charge in [0.05, 0.1) is 6.61 Å². The second kappa shape index (κ2) is 21.1. The molecular formula is C25H46O4. The molecule has 0 fully saturated rings. The van der Waals surface area contributed by atoms with Crippen LogP contribution in [0.4, 0.5) is 0 Å². The van der Waals surface area contributed by atoms with Crippen LogP contribution in [0.1, 0.15) is 112 Å². The van der Waals surface area contributed by atoms with Crippen molar-refractivity contribution in [2.75, 3.05) is 6.61 Å². The highest BCUT2D eigenvalue weighted by Gasteiger charge is 2.12. The maximum absolute atomic E-state index is 11.2. The van der Waals surface area contributed by atoms with Crippen molar-refractivity contribution >= 4 is 11.9 Å². The Kier molecular flexibility index (Phi) is 21.6. The number of ether oxygens (including phenoxy) is 2. The third kappa shape index (κ3) is 21.0. The summed E-state index contributed by atoms with van der Waals surface area (Å²) in [5.74, 6) is -0.519. The number of carbonyl (C=O) groups excluding carboxylic acids is 2. The Bertz CT molecular complexity index is 454. The van der Waals surface area contributed by atoms with Gasteiger partial charge in [-0.2, -0.15) is 0 Å². The zero-order valence-electron chi connectivity index (χ0n) is 19.8. The summed E-state index contributed by atoms with van der Waals surface area (Å²) in [5, 5.41) is 0. The van der Waals surface area contributed by atoms with Crippen LogP contribution in [0.5, 0.6) is 0 Å². The van der Waals surface area contributed by atoms with Crippen molar-refractivity contribution in [3.63, 3.8) is 0 Å². The Labute approximate surface area is 180 Å². The standard InChI is InChI=1S/C13H24O2.C12H22O2/c1-4-5-6-7-8-9-10-11-15-13(14)12(2)3;1-5-7-8-9-11(6-2)14-12(13)10(3)4/h2,4-11H2,1,3H3;11H,3,5-9H2,1-2,4H3. The highest BCUT2D eigenvalue weighted by atomic mass is 16.5. The van der Waals surface area contributed by atoms with E-state index in [1.54, 1.807) is 13.8 Å². The van der Waals surface area contributed by atoms with E-state index in [1.165, 1.54) is 44.9 Å². The van der Waals surface area contributed by atoms with Crippen molar-refractivity contribution in [1.29, 1.82) is 0 Å². The van der Waals surface area contributed by atoms with Crippen LogP contribution in [0.2, 0.25) is 0 Å². The molecule has 0 aromatic carbocycles. The Morgan fingerprint density at radius 2 is 1.21 bits per heavy atom. The van der Waals surface area contributed by atoms with Crippen molar-refractivity contribution in [3.05, 3.63) is 24.3 Å². The summed E-state index contributed by atoms with van der Waals surface area (Å²) in [7, 11) is 0. The fourth-order valence-electron chi connectivity index (χ4n) is 2.57. The lowest BCUT2D eigenvalue weighted by atomic mass is 10.1. The van der Waals surface area contributed by atoms with Gasteiger partial charge in [-0.1, -0.05) is 85.3 Å². The van der Waals surface area contributed by atoms with Crippen molar-refractivity contribution in [2.45, 2.75) is 118 Å². The van der Waals surface area contributed by atoms with Crippen molar-refractivity contribution in [1.82, 2.24) is 0 Å². The molecule has 4 nitrogen and oxygen atoms in total. The monoisotopic (exact) mass is 410 g/mol. The van der Waals surface area contributed by atoms with Gasteiger partial charge in [0.1, 0.15) is 6.10 Å². The van der Waals surface area contributed by atoms with Crippen LogP contribution in [-0.4, -0.2) is 24.6 Å². The number of hydrogen-bond acceptors (Lipinski definition) is 4. The summed E-state index contributed by atoms with van der Waals surface area (Å²) in [5.41, 5.74) is 0.969. The molecule has 0 aliphatic carbocycles. The van der Waals surface area contributed by atoms with Gasteiger partial charge in [-0.3, -0.25) is 0 Å². The Hall–Kier alpha value is -1.58. The van der Waals surface area contributed by atoms with Crippen LogP contribution in [-0.2, 0) is 19.1 Å². The van der Waals surface area contributed by atoms with E-state index in [1.807, 2.05) is 6.92 Å². The van der Waals surface area contributed by atoms with Crippen LogP contribution in [0.25, 0.3) is 0 Å². The number of hydrogen-bond donors (Lipinski definition) is 0. The van der Waals surface area contributed by atoms with E-state index >= 15 is 0 Å². The van der Waals surface area contributed by atoms with Crippen LogP contribution in [0.3, 0.4) is 0 Å². The second-order valence-corrected chi connectivity index (χ2v) is 7.75. The molecule has 29 heavy (non-hydrogen) atoms. The van der Waals surface area contributed by atoms with Gasteiger partial charge in [-0.25, -0.2) is 9.59 Å². The largest absolute Gasteiger partial charge is 0.462 e. The lowest BCUT2D eigenvalue weighted by molar-refractivity contribution is -0.144. The second-order valence-electron chi connectivity index (χ2n) is 7.75. The average Bonchev–Trinajstić information content (AvgIpc) is 2.69. The third-order valence-electron chi connectivity index (χ3n) is 4.54. The minimum atomic E-state index is -0.263. The van der Waals surface area contributed by atoms with Crippen molar-refractivity contribution in [2.24, 2.45) is 0 Å². The SMILES string of the molecule is C=C(C)C(=O)OC(CC)CCCCC.C=C(C)C(=O)OCCCCCCCCC. The van der Waals surface area contributed by atoms with Crippen molar-refractivity contribution in [3.8, 4) is 0 Å². The molecule has 0 bridgehead atoms. The fraction of sp³-hybridized carbons (Fsp3) is 0.760. The normalized spacial score (nSPS) is 11.1. The first-order valence-corrected chi connectivity index (χ1v) is 11.5. The molecule has 0 heterocycles. The van der Waals surface area contributed by atoms with E-state index in [2.05, 4.69) is 27.0 Å². The Balaban J connectivity index is 0. The summed E-state index contributed by atoms with van der Waals surface area (Å²) in [6.07, 6.45) is 14.1. The molecular weight excluding hydrogens is 364 g/mol. The molecule has 0 radical (unpaired) electrons. The quantitative estimate of drug-likeness (QED) is 0.152. The molecule has 0 saturated heterocycles. The van der Waals surface area contributed by atoms with E-state index < -0.39 is 0 Å². The van der Waals surface area contributed by atoms with E-state index in [4.69, 9.17) is 9.47 Å². The molecule has 0 aliphatic rings. The van der Waals surface area contributed by atoms with Crippen LogP contribution < -0.4 is 0 Å². The predicted molar refractivity (Wildman–Crippen MR) is 123 cm³/mol. The molecule has 0 aliphatic heterocycles. The molecule has 0 rings (SSSR count). The molecule has 1 unspecified atom stereocenters. The average molecular weight is 411 g/mol. The molecule has 0 aromatic heterocycles. The highest BCUT2D eigenvalue weighted by Crippen LogP contribution is 2.11. The summed E-state index contributed by atoms with van der Waals surface area (Å²) in [6.45, 7) is 17.4. The zero-order chi connectivity index (χ0) is 22.5. The smallest absolute Gasteiger partial charge is 0.333 e. The van der Waals surface area contributed by atoms with Gasteiger partial charge in [-0.05, 0) is 39.5 Å². The summed E-state index contributed by atoms with van der Waals surface area (Å²) >= 11 is 0. The van der Waals surface area contributed by atoms with Crippen LogP contribution >= 0.6 is 0 Å². The number of unbranched alkanes of at least 4 members (excludes halogenated alkanes) is 8. The minimum absolute atomic E-state index is 0.0748. The van der Waals surface area contributed by atoms with Gasteiger partial charge in [-0.15, -0.1) is 0 Å². The summed E-state index contributed by atoms with van der Waals surface area (Å²) in [6, 6.07) is 0. The molecule has 0 aromatic rings. The predicted octanol–water partition coefficient (Wildman–Crippen LogP) is 7.32. The van der Waals surface area contributed by atoms with E-state index in [-0.39, 0.29) is 18.0 Å². The van der Waals surface area contributed by atoms with Gasteiger partial charge in [0.25, 0.3) is 0 Å². The lowest BCUT2D eigenvalue weighted by Crippen LogP contribution is -2.17. The summed E-state index contributed by atoms with van der Waals surface area (Å²) in [4.78, 5) is 22.2. The fourth-order valence-corrected chi connectivity index (χ4v) is 2.57. The first-order chi connectivity index (χ1) is 13.8. The lowest BCUT2D eigenvalue weighted by Gasteiger charge is -2.15. The van der Waals surface area contributed by atoms with E-state index in [0.717, 1.165) is 32.1 Å². The van der Waals surface area contributed by atoms with Gasteiger partial charge >= 0.3 is 11.9 Å². The van der Waals surface area contributed by atoms with Crippen molar-refractivity contribution < 1.29 is 19.1 Å². The number of carbonyl (C=O) groups is 2. The van der Waals surface area contributed by atoms with Gasteiger partial charge in [0.2, 0.25) is 0 Å². The number of esters is 2. The Morgan fingerprint density at radius 3 is 1.69 bits per heavy atom. The van der Waals surface area contributed by atoms with Gasteiger partial charge < -0.3 is 9.47 Å². The highest BCUT2D eigenvalue weighted by molar-refractivity contribution is 5.87. The molecule has 4 heteroatoms. The Morgan fingerprint density at radius 1 is 0.724 bits per heavy atom. The van der Waals surface area contributed by atoms with Gasteiger partial charge in [0, 0.05) is 11.1 Å². The molecule has 170 valence electrons. The van der Waals surface area contributed by atoms with Crippen LogP contribution in [0, 0.1) is 0 Å².